The summed E-state index contributed by atoms with van der Waals surface area (Å²) in [6.07, 6.45) is 1.91. The first-order valence-electron chi connectivity index (χ1n) is 12.1. The third-order valence-corrected chi connectivity index (χ3v) is 9.30. The molecule has 0 saturated carbocycles. The van der Waals surface area contributed by atoms with Crippen LogP contribution in [0.3, 0.4) is 0 Å². The lowest BCUT2D eigenvalue weighted by Gasteiger charge is -2.46. The molecule has 184 valence electrons. The number of allylic oxidation sites excluding steroid dienone is 1. The van der Waals surface area contributed by atoms with Gasteiger partial charge in [0.2, 0.25) is 11.8 Å². The monoisotopic (exact) mass is 594 g/mol. The van der Waals surface area contributed by atoms with E-state index < -0.39 is 29.1 Å². The number of amides is 2. The van der Waals surface area contributed by atoms with Crippen LogP contribution in [0.25, 0.3) is 10.9 Å². The van der Waals surface area contributed by atoms with Crippen molar-refractivity contribution in [3.8, 4) is 0 Å². The van der Waals surface area contributed by atoms with E-state index in [4.69, 9.17) is 4.98 Å². The van der Waals surface area contributed by atoms with Gasteiger partial charge < -0.3 is 4.90 Å². The summed E-state index contributed by atoms with van der Waals surface area (Å²) in [6.45, 7) is 11.7. The molecule has 2 aromatic carbocycles. The highest BCUT2D eigenvalue weighted by atomic mass is 127. The fraction of sp³-hybridized carbons (Fsp3) is 0.357. The molecule has 0 bridgehead atoms. The molecule has 1 fully saturated rings. The van der Waals surface area contributed by atoms with Crippen LogP contribution in [0.15, 0.2) is 59.9 Å². The molecule has 36 heavy (non-hydrogen) atoms. The van der Waals surface area contributed by atoms with Gasteiger partial charge in [0.25, 0.3) is 5.56 Å². The molecule has 3 aromatic rings. The average molecular weight is 594 g/mol. The summed E-state index contributed by atoms with van der Waals surface area (Å²) < 4.78 is 2.51. The fourth-order valence-corrected chi connectivity index (χ4v) is 7.27. The maximum Gasteiger partial charge on any atom is 0.262 e. The summed E-state index contributed by atoms with van der Waals surface area (Å²) in [6, 6.07) is 12.3. The summed E-state index contributed by atoms with van der Waals surface area (Å²) in [5, 5.41) is 0.508. The molecule has 4 atom stereocenters. The van der Waals surface area contributed by atoms with Crippen molar-refractivity contribution in [1.29, 1.82) is 0 Å². The number of halogens is 1. The van der Waals surface area contributed by atoms with E-state index in [1.807, 2.05) is 47.4 Å². The summed E-state index contributed by atoms with van der Waals surface area (Å²) in [4.78, 5) is 49.5. The molecular weight excluding hydrogens is 567 g/mol. The molecule has 0 spiro atoms. The first kappa shape index (κ1) is 23.4. The van der Waals surface area contributed by atoms with Crippen LogP contribution in [0.2, 0.25) is 0 Å². The third kappa shape index (κ3) is 2.68. The molecule has 4 heterocycles. The van der Waals surface area contributed by atoms with Crippen LogP contribution in [-0.4, -0.2) is 32.4 Å². The van der Waals surface area contributed by atoms with Crippen molar-refractivity contribution in [1.82, 2.24) is 14.5 Å². The number of hydrogen-bond acceptors (Lipinski definition) is 4. The highest BCUT2D eigenvalue weighted by Gasteiger charge is 2.69. The van der Waals surface area contributed by atoms with E-state index in [9.17, 15) is 14.4 Å². The summed E-state index contributed by atoms with van der Waals surface area (Å²) in [5.74, 6) is 0.280. The van der Waals surface area contributed by atoms with Crippen LogP contribution in [0.1, 0.15) is 57.6 Å². The standard InChI is InChI=1S/C28H27IN4O3/c1-6-27(4,5)28-14-22-23-30-20-12-11-17(29)13-18(20)25(36)31(23)15(2)24(35)33(22)26(28)32(16(3)34)21-10-8-7-9-19(21)28/h6-13,15,22,26H,1,14H2,2-5H3/t15-,22+,26+,28-/m1/s1. The Bertz CT molecular complexity index is 1560. The van der Waals surface area contributed by atoms with E-state index in [-0.39, 0.29) is 17.4 Å². The molecule has 2 amide bonds. The van der Waals surface area contributed by atoms with Gasteiger partial charge in [-0.15, -0.1) is 6.58 Å². The molecule has 7 nitrogen and oxygen atoms in total. The van der Waals surface area contributed by atoms with Gasteiger partial charge in [0.1, 0.15) is 18.0 Å². The number of aromatic nitrogens is 2. The minimum Gasteiger partial charge on any atom is -0.309 e. The van der Waals surface area contributed by atoms with Crippen LogP contribution in [0.5, 0.6) is 0 Å². The maximum atomic E-state index is 14.1. The highest BCUT2D eigenvalue weighted by molar-refractivity contribution is 14.1. The first-order valence-corrected chi connectivity index (χ1v) is 13.2. The van der Waals surface area contributed by atoms with Crippen LogP contribution in [-0.2, 0) is 15.0 Å². The molecular formula is C28H27IN4O3. The van der Waals surface area contributed by atoms with Gasteiger partial charge in [-0.3, -0.25) is 23.9 Å². The molecule has 0 radical (unpaired) electrons. The zero-order valence-electron chi connectivity index (χ0n) is 20.7. The van der Waals surface area contributed by atoms with Crippen LogP contribution < -0.4 is 10.5 Å². The van der Waals surface area contributed by atoms with E-state index in [1.54, 1.807) is 23.3 Å². The second kappa shape index (κ2) is 7.50. The third-order valence-electron chi connectivity index (χ3n) is 8.63. The average Bonchev–Trinajstić information content (AvgIpc) is 3.35. The Morgan fingerprint density at radius 3 is 2.64 bits per heavy atom. The van der Waals surface area contributed by atoms with Gasteiger partial charge >= 0.3 is 0 Å². The van der Waals surface area contributed by atoms with E-state index in [2.05, 4.69) is 49.1 Å². The normalized spacial score (nSPS) is 26.5. The maximum absolute atomic E-state index is 14.1. The fourth-order valence-electron chi connectivity index (χ4n) is 6.78. The summed E-state index contributed by atoms with van der Waals surface area (Å²) in [7, 11) is 0. The number of carbonyl (C=O) groups is 2. The summed E-state index contributed by atoms with van der Waals surface area (Å²) in [5.41, 5.74) is 1.17. The van der Waals surface area contributed by atoms with Crippen molar-refractivity contribution >= 4 is 51.0 Å². The Hall–Kier alpha value is -3.01. The number of rotatable bonds is 2. The van der Waals surface area contributed by atoms with E-state index >= 15 is 0 Å². The Labute approximate surface area is 222 Å². The lowest BCUT2D eigenvalue weighted by molar-refractivity contribution is -0.141. The SMILES string of the molecule is C=CC(C)(C)[C@@]12C[C@H]3c4nc5ccc(I)cc5c(=O)n4[C@H](C)C(=O)N3[C@@H]1N(C(C)=O)c1ccccc12. The number of carbonyl (C=O) groups excluding carboxylic acids is 2. The van der Waals surface area contributed by atoms with E-state index in [1.165, 1.54) is 0 Å². The molecule has 1 aromatic heterocycles. The minimum absolute atomic E-state index is 0.126. The van der Waals surface area contributed by atoms with Crippen molar-refractivity contribution in [2.24, 2.45) is 5.41 Å². The molecule has 6 rings (SSSR count). The Morgan fingerprint density at radius 2 is 1.94 bits per heavy atom. The number of benzene rings is 2. The molecule has 8 heteroatoms. The van der Waals surface area contributed by atoms with Crippen molar-refractivity contribution in [3.05, 3.63) is 80.4 Å². The van der Waals surface area contributed by atoms with E-state index in [0.717, 1.165) is 14.8 Å². The van der Waals surface area contributed by atoms with Crippen molar-refractivity contribution in [2.45, 2.75) is 57.8 Å². The summed E-state index contributed by atoms with van der Waals surface area (Å²) >= 11 is 2.18. The molecule has 3 aliphatic rings. The van der Waals surface area contributed by atoms with Gasteiger partial charge in [-0.2, -0.15) is 0 Å². The highest BCUT2D eigenvalue weighted by Crippen LogP contribution is 2.65. The number of fused-ring (bicyclic) bond motifs is 8. The lowest BCUT2D eigenvalue weighted by Crippen LogP contribution is -2.59. The second-order valence-corrected chi connectivity index (χ2v) is 11.9. The van der Waals surface area contributed by atoms with E-state index in [0.29, 0.717) is 23.1 Å². The molecule has 1 saturated heterocycles. The Kier molecular flexibility index (Phi) is 4.88. The topological polar surface area (TPSA) is 75.5 Å². The zero-order chi connectivity index (χ0) is 25.7. The Balaban J connectivity index is 1.68. The predicted molar refractivity (Wildman–Crippen MR) is 147 cm³/mol. The van der Waals surface area contributed by atoms with Crippen LogP contribution in [0.4, 0.5) is 5.69 Å². The van der Waals surface area contributed by atoms with Gasteiger partial charge in [-0.1, -0.05) is 38.1 Å². The molecule has 0 aliphatic carbocycles. The van der Waals surface area contributed by atoms with Gasteiger partial charge in [-0.25, -0.2) is 4.98 Å². The quantitative estimate of drug-likeness (QED) is 0.319. The van der Waals surface area contributed by atoms with Crippen molar-refractivity contribution < 1.29 is 9.59 Å². The predicted octanol–water partition coefficient (Wildman–Crippen LogP) is 4.69. The largest absolute Gasteiger partial charge is 0.309 e. The minimum atomic E-state index is -0.737. The molecule has 0 N–H and O–H groups in total. The number of hydrogen-bond donors (Lipinski definition) is 0. The Morgan fingerprint density at radius 1 is 1.22 bits per heavy atom. The molecule has 0 unspecified atom stereocenters. The van der Waals surface area contributed by atoms with Gasteiger partial charge in [0.15, 0.2) is 0 Å². The number of para-hydroxylation sites is 1. The lowest BCUT2D eigenvalue weighted by atomic mass is 9.60. The van der Waals surface area contributed by atoms with Gasteiger partial charge in [0.05, 0.1) is 16.9 Å². The van der Waals surface area contributed by atoms with Crippen molar-refractivity contribution in [2.75, 3.05) is 4.90 Å². The van der Waals surface area contributed by atoms with Crippen molar-refractivity contribution in [3.63, 3.8) is 0 Å². The first-order chi connectivity index (χ1) is 17.0. The van der Waals surface area contributed by atoms with Crippen LogP contribution >= 0.6 is 22.6 Å². The van der Waals surface area contributed by atoms with Gasteiger partial charge in [0, 0.05) is 21.6 Å². The number of nitrogens with zero attached hydrogens (tertiary/aromatic N) is 4. The smallest absolute Gasteiger partial charge is 0.262 e. The van der Waals surface area contributed by atoms with Crippen LogP contribution in [0, 0.1) is 8.99 Å². The zero-order valence-corrected chi connectivity index (χ0v) is 22.8. The second-order valence-electron chi connectivity index (χ2n) is 10.6. The van der Waals surface area contributed by atoms with Gasteiger partial charge in [-0.05, 0) is 71.2 Å². The number of anilines is 1. The molecule has 3 aliphatic heterocycles.